The van der Waals surface area contributed by atoms with Crippen LogP contribution in [0, 0.1) is 11.7 Å². The maximum Gasteiger partial charge on any atom is 0.225 e. The van der Waals surface area contributed by atoms with Crippen molar-refractivity contribution in [1.29, 1.82) is 0 Å². The lowest BCUT2D eigenvalue weighted by atomic mass is 10.1. The van der Waals surface area contributed by atoms with Crippen LogP contribution in [0.4, 0.5) is 4.39 Å². The van der Waals surface area contributed by atoms with Gasteiger partial charge in [-0.05, 0) is 41.8 Å². The zero-order chi connectivity index (χ0) is 20.8. The van der Waals surface area contributed by atoms with Gasteiger partial charge in [-0.1, -0.05) is 18.2 Å². The lowest BCUT2D eigenvalue weighted by Crippen LogP contribution is -2.34. The molecule has 1 saturated heterocycles. The van der Waals surface area contributed by atoms with Gasteiger partial charge in [-0.3, -0.25) is 9.59 Å². The number of carbonyl (C=O) groups is 2. The van der Waals surface area contributed by atoms with Crippen molar-refractivity contribution in [3.05, 3.63) is 59.4 Å². The minimum absolute atomic E-state index is 0.0608. The molecule has 2 amide bonds. The molecule has 0 spiro atoms. The van der Waals surface area contributed by atoms with Gasteiger partial charge in [0, 0.05) is 26.1 Å². The number of ether oxygens (including phenoxy) is 2. The number of benzene rings is 2. The van der Waals surface area contributed by atoms with Crippen LogP contribution in [0.15, 0.2) is 42.5 Å². The lowest BCUT2D eigenvalue weighted by molar-refractivity contribution is -0.129. The zero-order valence-electron chi connectivity index (χ0n) is 16.6. The fraction of sp³-hybridized carbons (Fsp3) is 0.364. The molecule has 0 bridgehead atoms. The number of carbonyl (C=O) groups excluding carboxylic acids is 2. The normalized spacial score (nSPS) is 16.0. The van der Waals surface area contributed by atoms with E-state index in [9.17, 15) is 14.0 Å². The fourth-order valence-electron chi connectivity index (χ4n) is 3.42. The summed E-state index contributed by atoms with van der Waals surface area (Å²) in [7, 11) is 3.16. The van der Waals surface area contributed by atoms with Crippen molar-refractivity contribution in [2.45, 2.75) is 19.4 Å². The van der Waals surface area contributed by atoms with Gasteiger partial charge >= 0.3 is 0 Å². The van der Waals surface area contributed by atoms with Crippen molar-refractivity contribution in [2.24, 2.45) is 5.92 Å². The molecule has 1 aliphatic rings. The maximum atomic E-state index is 13.0. The predicted molar refractivity (Wildman–Crippen MR) is 106 cm³/mol. The van der Waals surface area contributed by atoms with Crippen LogP contribution in [0.2, 0.25) is 0 Å². The van der Waals surface area contributed by atoms with Crippen LogP contribution in [0.3, 0.4) is 0 Å². The summed E-state index contributed by atoms with van der Waals surface area (Å²) in [5.41, 5.74) is 1.86. The molecule has 2 aromatic carbocycles. The Labute approximate surface area is 169 Å². The van der Waals surface area contributed by atoms with Gasteiger partial charge in [0.15, 0.2) is 11.5 Å². The largest absolute Gasteiger partial charge is 0.493 e. The van der Waals surface area contributed by atoms with Crippen molar-refractivity contribution >= 4 is 11.8 Å². The summed E-state index contributed by atoms with van der Waals surface area (Å²) < 4.78 is 23.5. The van der Waals surface area contributed by atoms with Crippen LogP contribution in [-0.2, 0) is 22.6 Å². The van der Waals surface area contributed by atoms with E-state index in [1.54, 1.807) is 31.3 Å². The molecule has 7 heteroatoms. The highest BCUT2D eigenvalue weighted by Gasteiger charge is 2.34. The van der Waals surface area contributed by atoms with Crippen molar-refractivity contribution in [3.8, 4) is 11.5 Å². The standard InChI is InChI=1S/C22H25FN2O4/c1-28-19-8-5-15(11-20(19)29-2)9-10-24-22(27)17-12-21(26)25(14-17)13-16-3-6-18(23)7-4-16/h3-8,11,17H,9-10,12-14H2,1-2H3,(H,24,27). The van der Waals surface area contributed by atoms with E-state index in [1.807, 2.05) is 18.2 Å². The van der Waals surface area contributed by atoms with Gasteiger partial charge < -0.3 is 19.7 Å². The Morgan fingerprint density at radius 2 is 1.79 bits per heavy atom. The number of hydrogen-bond acceptors (Lipinski definition) is 4. The molecule has 2 aromatic rings. The number of hydrogen-bond donors (Lipinski definition) is 1. The highest BCUT2D eigenvalue weighted by Crippen LogP contribution is 2.27. The van der Waals surface area contributed by atoms with Crippen LogP contribution >= 0.6 is 0 Å². The van der Waals surface area contributed by atoms with Gasteiger partial charge in [-0.25, -0.2) is 4.39 Å². The molecule has 0 radical (unpaired) electrons. The molecule has 1 heterocycles. The Morgan fingerprint density at radius 3 is 2.48 bits per heavy atom. The second-order valence-electron chi connectivity index (χ2n) is 7.03. The van der Waals surface area contributed by atoms with Crippen LogP contribution < -0.4 is 14.8 Å². The van der Waals surface area contributed by atoms with E-state index < -0.39 is 0 Å². The van der Waals surface area contributed by atoms with Gasteiger partial charge in [-0.2, -0.15) is 0 Å². The first-order valence-corrected chi connectivity index (χ1v) is 9.51. The summed E-state index contributed by atoms with van der Waals surface area (Å²) in [6, 6.07) is 11.7. The minimum Gasteiger partial charge on any atom is -0.493 e. The number of halogens is 1. The van der Waals surface area contributed by atoms with Crippen LogP contribution in [-0.4, -0.2) is 44.0 Å². The Balaban J connectivity index is 1.48. The van der Waals surface area contributed by atoms with E-state index in [1.165, 1.54) is 12.1 Å². The van der Waals surface area contributed by atoms with E-state index in [0.717, 1.165) is 11.1 Å². The first-order chi connectivity index (χ1) is 14.0. The number of methoxy groups -OCH3 is 2. The SMILES string of the molecule is COc1ccc(CCNC(=O)C2CC(=O)N(Cc3ccc(F)cc3)C2)cc1OC. The smallest absolute Gasteiger partial charge is 0.225 e. The highest BCUT2D eigenvalue weighted by molar-refractivity contribution is 5.89. The highest BCUT2D eigenvalue weighted by atomic mass is 19.1. The van der Waals surface area contributed by atoms with E-state index >= 15 is 0 Å². The minimum atomic E-state index is -0.367. The average Bonchev–Trinajstić information content (AvgIpc) is 3.10. The monoisotopic (exact) mass is 400 g/mol. The fourth-order valence-corrected chi connectivity index (χ4v) is 3.42. The number of rotatable bonds is 8. The maximum absolute atomic E-state index is 13.0. The van der Waals surface area contributed by atoms with Gasteiger partial charge in [0.2, 0.25) is 11.8 Å². The lowest BCUT2D eigenvalue weighted by Gasteiger charge is -2.17. The molecule has 0 saturated carbocycles. The predicted octanol–water partition coefficient (Wildman–Crippen LogP) is 2.55. The molecular formula is C22H25FN2O4. The third-order valence-electron chi connectivity index (χ3n) is 5.03. The molecule has 1 fully saturated rings. The Bertz CT molecular complexity index is 870. The number of amides is 2. The van der Waals surface area contributed by atoms with Crippen molar-refractivity contribution in [3.63, 3.8) is 0 Å². The van der Waals surface area contributed by atoms with Crippen molar-refractivity contribution in [1.82, 2.24) is 10.2 Å². The van der Waals surface area contributed by atoms with Gasteiger partial charge in [0.25, 0.3) is 0 Å². The Morgan fingerprint density at radius 1 is 1.10 bits per heavy atom. The Hall–Kier alpha value is -3.09. The molecular weight excluding hydrogens is 375 g/mol. The zero-order valence-corrected chi connectivity index (χ0v) is 16.6. The van der Waals surface area contributed by atoms with Gasteiger partial charge in [0.1, 0.15) is 5.82 Å². The third kappa shape index (κ3) is 5.25. The molecule has 154 valence electrons. The molecule has 1 atom stereocenters. The molecule has 29 heavy (non-hydrogen) atoms. The van der Waals surface area contributed by atoms with Crippen molar-refractivity contribution in [2.75, 3.05) is 27.3 Å². The summed E-state index contributed by atoms with van der Waals surface area (Å²) in [4.78, 5) is 26.3. The number of nitrogens with zero attached hydrogens (tertiary/aromatic N) is 1. The number of nitrogens with one attached hydrogen (secondary N) is 1. The van der Waals surface area contributed by atoms with E-state index in [4.69, 9.17) is 9.47 Å². The first-order valence-electron chi connectivity index (χ1n) is 9.51. The number of likely N-dealkylation sites (tertiary alicyclic amines) is 1. The molecule has 1 unspecified atom stereocenters. The summed E-state index contributed by atoms with van der Waals surface area (Å²) in [6.07, 6.45) is 0.843. The topological polar surface area (TPSA) is 67.9 Å². The molecule has 3 rings (SSSR count). The van der Waals surface area contributed by atoms with Crippen LogP contribution in [0.25, 0.3) is 0 Å². The quantitative estimate of drug-likeness (QED) is 0.740. The van der Waals surface area contributed by atoms with Crippen molar-refractivity contribution < 1.29 is 23.5 Å². The van der Waals surface area contributed by atoms with E-state index in [-0.39, 0.29) is 30.0 Å². The average molecular weight is 400 g/mol. The second-order valence-corrected chi connectivity index (χ2v) is 7.03. The van der Waals surface area contributed by atoms with Gasteiger partial charge in [0.05, 0.1) is 20.1 Å². The molecule has 0 aromatic heterocycles. The molecule has 1 N–H and O–H groups in total. The summed E-state index contributed by atoms with van der Waals surface area (Å²) >= 11 is 0. The van der Waals surface area contributed by atoms with Crippen LogP contribution in [0.5, 0.6) is 11.5 Å². The van der Waals surface area contributed by atoms with E-state index in [0.29, 0.717) is 37.6 Å². The molecule has 0 aliphatic carbocycles. The van der Waals surface area contributed by atoms with Crippen LogP contribution in [0.1, 0.15) is 17.5 Å². The van der Waals surface area contributed by atoms with E-state index in [2.05, 4.69) is 5.32 Å². The molecule has 6 nitrogen and oxygen atoms in total. The van der Waals surface area contributed by atoms with Gasteiger partial charge in [-0.15, -0.1) is 0 Å². The summed E-state index contributed by atoms with van der Waals surface area (Å²) in [5.74, 6) is 0.441. The second kappa shape index (κ2) is 9.41. The Kier molecular flexibility index (Phi) is 6.69. The first kappa shape index (κ1) is 20.6. The summed E-state index contributed by atoms with van der Waals surface area (Å²) in [5, 5.41) is 2.91. The molecule has 1 aliphatic heterocycles. The summed E-state index contributed by atoms with van der Waals surface area (Å²) in [6.45, 7) is 1.23. The third-order valence-corrected chi connectivity index (χ3v) is 5.03.